The molecule has 1 aromatic rings. The van der Waals surface area contributed by atoms with Gasteiger partial charge in [-0.3, -0.25) is 0 Å². The molecule has 1 heterocycles. The molecule has 0 spiro atoms. The van der Waals surface area contributed by atoms with E-state index in [-0.39, 0.29) is 6.10 Å². The Bertz CT molecular complexity index is 344. The second-order valence-electron chi connectivity index (χ2n) is 4.43. The highest BCUT2D eigenvalue weighted by molar-refractivity contribution is 5.44. The number of fused-ring (bicyclic) bond motifs is 1. The van der Waals surface area contributed by atoms with Crippen molar-refractivity contribution in [2.75, 3.05) is 6.61 Å². The molecule has 15 heavy (non-hydrogen) atoms. The number of benzene rings is 1. The monoisotopic (exact) mass is 206 g/mol. The summed E-state index contributed by atoms with van der Waals surface area (Å²) < 4.78 is 5.75. The van der Waals surface area contributed by atoms with E-state index in [0.717, 1.165) is 24.2 Å². The molecule has 0 bridgehead atoms. The molecular weight excluding hydrogens is 188 g/mol. The van der Waals surface area contributed by atoms with Gasteiger partial charge in [-0.15, -0.1) is 0 Å². The van der Waals surface area contributed by atoms with E-state index < -0.39 is 0 Å². The number of rotatable bonds is 1. The van der Waals surface area contributed by atoms with Gasteiger partial charge in [-0.05, 0) is 24.3 Å². The lowest BCUT2D eigenvalue weighted by molar-refractivity contribution is 0.167. The average Bonchev–Trinajstić information content (AvgIpc) is 2.40. The van der Waals surface area contributed by atoms with Crippen molar-refractivity contribution in [3.63, 3.8) is 0 Å². The van der Waals surface area contributed by atoms with Crippen LogP contribution in [-0.2, 0) is 0 Å². The van der Waals surface area contributed by atoms with E-state index in [1.54, 1.807) is 0 Å². The summed E-state index contributed by atoms with van der Waals surface area (Å²) in [6, 6.07) is 6.06. The van der Waals surface area contributed by atoms with Gasteiger partial charge in [0.15, 0.2) is 0 Å². The van der Waals surface area contributed by atoms with Crippen LogP contribution in [0, 0.1) is 0 Å². The lowest BCUT2D eigenvalue weighted by Gasteiger charge is -2.17. The fraction of sp³-hybridized carbons (Fsp3) is 0.538. The van der Waals surface area contributed by atoms with Gasteiger partial charge in [-0.2, -0.15) is 0 Å². The molecule has 1 unspecified atom stereocenters. The van der Waals surface area contributed by atoms with Crippen molar-refractivity contribution in [2.24, 2.45) is 0 Å². The van der Waals surface area contributed by atoms with Crippen molar-refractivity contribution in [3.8, 4) is 5.75 Å². The van der Waals surface area contributed by atoms with Gasteiger partial charge in [0.25, 0.3) is 0 Å². The average molecular weight is 206 g/mol. The van der Waals surface area contributed by atoms with E-state index in [4.69, 9.17) is 4.74 Å². The topological polar surface area (TPSA) is 29.5 Å². The highest BCUT2D eigenvalue weighted by Crippen LogP contribution is 2.37. The van der Waals surface area contributed by atoms with Crippen LogP contribution in [0.15, 0.2) is 18.2 Å². The largest absolute Gasteiger partial charge is 0.493 e. The fourth-order valence-corrected chi connectivity index (χ4v) is 2.06. The minimum absolute atomic E-state index is 0.360. The zero-order chi connectivity index (χ0) is 10.8. The number of hydrogen-bond acceptors (Lipinski definition) is 2. The zero-order valence-corrected chi connectivity index (χ0v) is 9.36. The van der Waals surface area contributed by atoms with Crippen molar-refractivity contribution in [2.45, 2.75) is 38.7 Å². The first-order valence-electron chi connectivity index (χ1n) is 5.64. The summed E-state index contributed by atoms with van der Waals surface area (Å²) in [6.07, 6.45) is 1.36. The Labute approximate surface area is 90.9 Å². The highest BCUT2D eigenvalue weighted by Gasteiger charge is 2.20. The third-order valence-corrected chi connectivity index (χ3v) is 2.93. The van der Waals surface area contributed by atoms with Gasteiger partial charge in [0.05, 0.1) is 12.7 Å². The molecule has 0 amide bonds. The van der Waals surface area contributed by atoms with Crippen LogP contribution < -0.4 is 4.74 Å². The van der Waals surface area contributed by atoms with E-state index in [1.807, 2.05) is 12.1 Å². The molecule has 2 heteroatoms. The van der Waals surface area contributed by atoms with E-state index >= 15 is 0 Å². The maximum absolute atomic E-state index is 9.97. The van der Waals surface area contributed by atoms with Crippen LogP contribution in [0.4, 0.5) is 0 Å². The molecule has 1 N–H and O–H groups in total. The maximum atomic E-state index is 9.97. The molecule has 2 nitrogen and oxygen atoms in total. The molecule has 0 aliphatic carbocycles. The predicted molar refractivity (Wildman–Crippen MR) is 60.2 cm³/mol. The van der Waals surface area contributed by atoms with Gasteiger partial charge in [0.1, 0.15) is 5.75 Å². The van der Waals surface area contributed by atoms with Gasteiger partial charge < -0.3 is 9.84 Å². The van der Waals surface area contributed by atoms with Crippen molar-refractivity contribution >= 4 is 0 Å². The van der Waals surface area contributed by atoms with Crippen LogP contribution in [-0.4, -0.2) is 11.7 Å². The molecule has 82 valence electrons. The summed E-state index contributed by atoms with van der Waals surface area (Å²) in [5.41, 5.74) is 2.16. The molecule has 0 saturated heterocycles. The smallest absolute Gasteiger partial charge is 0.128 e. The number of ether oxygens (including phenoxy) is 1. The predicted octanol–water partition coefficient (Wildman–Crippen LogP) is 3.02. The zero-order valence-electron chi connectivity index (χ0n) is 9.36. The summed E-state index contributed by atoms with van der Waals surface area (Å²) in [5, 5.41) is 9.97. The second-order valence-corrected chi connectivity index (χ2v) is 4.43. The quantitative estimate of drug-likeness (QED) is 0.765. The Kier molecular flexibility index (Phi) is 2.96. The normalized spacial score (nSPS) is 20.7. The molecule has 0 radical (unpaired) electrons. The molecule has 2 rings (SSSR count). The van der Waals surface area contributed by atoms with Gasteiger partial charge >= 0.3 is 0 Å². The van der Waals surface area contributed by atoms with Crippen LogP contribution >= 0.6 is 0 Å². The molecule has 1 atom stereocenters. The van der Waals surface area contributed by atoms with E-state index in [2.05, 4.69) is 19.9 Å². The lowest BCUT2D eigenvalue weighted by Crippen LogP contribution is -2.01. The minimum Gasteiger partial charge on any atom is -0.493 e. The van der Waals surface area contributed by atoms with Gasteiger partial charge in [0, 0.05) is 5.56 Å². The van der Waals surface area contributed by atoms with Crippen LogP contribution in [0.2, 0.25) is 0 Å². The van der Waals surface area contributed by atoms with Crippen molar-refractivity contribution in [3.05, 3.63) is 29.3 Å². The summed E-state index contributed by atoms with van der Waals surface area (Å²) in [7, 11) is 0. The molecule has 1 aliphatic heterocycles. The summed E-state index contributed by atoms with van der Waals surface area (Å²) in [5.74, 6) is 1.35. The summed E-state index contributed by atoms with van der Waals surface area (Å²) in [4.78, 5) is 0. The maximum Gasteiger partial charge on any atom is 0.128 e. The fourth-order valence-electron chi connectivity index (χ4n) is 2.06. The van der Waals surface area contributed by atoms with Crippen molar-refractivity contribution in [1.82, 2.24) is 0 Å². The van der Waals surface area contributed by atoms with Gasteiger partial charge in [0.2, 0.25) is 0 Å². The molecular formula is C13H18O2. The Morgan fingerprint density at radius 2 is 2.20 bits per heavy atom. The molecule has 1 aliphatic rings. The first kappa shape index (κ1) is 10.5. The third-order valence-electron chi connectivity index (χ3n) is 2.93. The number of hydrogen-bond donors (Lipinski definition) is 1. The van der Waals surface area contributed by atoms with Gasteiger partial charge in [-0.1, -0.05) is 32.0 Å². The van der Waals surface area contributed by atoms with Crippen molar-refractivity contribution in [1.29, 1.82) is 0 Å². The second kappa shape index (κ2) is 4.23. The van der Waals surface area contributed by atoms with Crippen LogP contribution in [0.5, 0.6) is 5.75 Å². The molecule has 0 saturated carbocycles. The molecule has 0 fully saturated rings. The standard InChI is InChI=1S/C13H18O2/c1-9(2)10-5-3-6-11-12(14)7-4-8-15-13(10)11/h3,5-6,9,12,14H,4,7-8H2,1-2H3. The van der Waals surface area contributed by atoms with E-state index in [1.165, 1.54) is 5.56 Å². The van der Waals surface area contributed by atoms with Crippen molar-refractivity contribution < 1.29 is 9.84 Å². The van der Waals surface area contributed by atoms with Gasteiger partial charge in [-0.25, -0.2) is 0 Å². The highest BCUT2D eigenvalue weighted by atomic mass is 16.5. The first-order valence-corrected chi connectivity index (χ1v) is 5.64. The van der Waals surface area contributed by atoms with Crippen LogP contribution in [0.1, 0.15) is 49.8 Å². The van der Waals surface area contributed by atoms with Crippen LogP contribution in [0.25, 0.3) is 0 Å². The summed E-state index contributed by atoms with van der Waals surface area (Å²) >= 11 is 0. The Morgan fingerprint density at radius 1 is 1.40 bits per heavy atom. The SMILES string of the molecule is CC(C)c1cccc2c1OCCCC2O. The number of aliphatic hydroxyl groups is 1. The van der Waals surface area contributed by atoms with E-state index in [0.29, 0.717) is 12.5 Å². The number of para-hydroxylation sites is 1. The molecule has 0 aromatic heterocycles. The minimum atomic E-state index is -0.360. The molecule has 1 aromatic carbocycles. The van der Waals surface area contributed by atoms with Crippen LogP contribution in [0.3, 0.4) is 0 Å². The van der Waals surface area contributed by atoms with E-state index in [9.17, 15) is 5.11 Å². The Morgan fingerprint density at radius 3 is 2.93 bits per heavy atom. The first-order chi connectivity index (χ1) is 7.20. The summed E-state index contributed by atoms with van der Waals surface area (Å²) in [6.45, 7) is 5.01. The Balaban J connectivity index is 2.48. The third kappa shape index (κ3) is 2.00. The number of aliphatic hydroxyl groups excluding tert-OH is 1. The Hall–Kier alpha value is -1.02. The lowest BCUT2D eigenvalue weighted by atomic mass is 9.96.